The molecule has 29 heteroatoms. The number of guanidine groups is 1. The van der Waals surface area contributed by atoms with Crippen LogP contribution in [0.5, 0.6) is 0 Å². The molecule has 71 heavy (non-hydrogen) atoms. The molecule has 21 N–H and O–H groups in total. The number of carbonyl (C=O) groups is 8. The third-order valence-electron chi connectivity index (χ3n) is 11.1. The molecule has 0 radical (unpaired) electrons. The van der Waals surface area contributed by atoms with Crippen LogP contribution in [-0.4, -0.2) is 145 Å². The summed E-state index contributed by atoms with van der Waals surface area (Å²) in [4.78, 5) is 140. The smallest absolute Gasteiger partial charge is 0.469 e. The minimum atomic E-state index is -5.35. The lowest BCUT2D eigenvalue weighted by atomic mass is 9.97. The van der Waals surface area contributed by atoms with E-state index in [-0.39, 0.29) is 57.6 Å². The van der Waals surface area contributed by atoms with Gasteiger partial charge in [-0.05, 0) is 62.6 Å². The first-order chi connectivity index (χ1) is 33.5. The minimum Gasteiger partial charge on any atom is -0.480 e. The van der Waals surface area contributed by atoms with E-state index in [1.807, 2.05) is 24.3 Å². The summed E-state index contributed by atoms with van der Waals surface area (Å²) in [5, 5.41) is 25.1. The number of imidazole rings is 1. The fourth-order valence-corrected chi connectivity index (χ4v) is 7.40. The van der Waals surface area contributed by atoms with Gasteiger partial charge in [0.25, 0.3) is 0 Å². The van der Waals surface area contributed by atoms with E-state index < -0.39 is 116 Å². The van der Waals surface area contributed by atoms with Crippen molar-refractivity contribution in [2.24, 2.45) is 39.6 Å². The first-order valence-corrected chi connectivity index (χ1v) is 24.1. The summed E-state index contributed by atoms with van der Waals surface area (Å²) in [6.07, 6.45) is 4.33. The van der Waals surface area contributed by atoms with E-state index in [2.05, 4.69) is 56.4 Å². The number of aromatic amines is 2. The number of nitrogens with zero attached hydrogens (tertiary/aromatic N) is 2. The fourth-order valence-electron chi connectivity index (χ4n) is 7.06. The van der Waals surface area contributed by atoms with Crippen LogP contribution < -0.4 is 60.6 Å². The van der Waals surface area contributed by atoms with Gasteiger partial charge in [0.2, 0.25) is 41.4 Å². The van der Waals surface area contributed by atoms with Gasteiger partial charge < -0.3 is 85.4 Å². The Morgan fingerprint density at radius 1 is 0.775 bits per heavy atom. The zero-order valence-corrected chi connectivity index (χ0v) is 40.2. The molecule has 0 aliphatic heterocycles. The van der Waals surface area contributed by atoms with Crippen molar-refractivity contribution in [1.82, 2.24) is 46.9 Å². The van der Waals surface area contributed by atoms with Crippen LogP contribution in [0.3, 0.4) is 0 Å². The summed E-state index contributed by atoms with van der Waals surface area (Å²) in [6.45, 7) is 2.22. The van der Waals surface area contributed by atoms with E-state index in [1.165, 1.54) is 12.5 Å². The highest BCUT2D eigenvalue weighted by Gasteiger charge is 2.36. The van der Waals surface area contributed by atoms with Gasteiger partial charge in [-0.25, -0.2) is 14.3 Å². The lowest BCUT2D eigenvalue weighted by molar-refractivity contribution is -0.142. The number of carboxylic acids is 1. The molecule has 0 fully saturated rings. The van der Waals surface area contributed by atoms with E-state index in [1.54, 1.807) is 20.0 Å². The molecule has 28 nitrogen and oxygen atoms in total. The number of phosphoric ester groups is 1. The number of carbonyl (C=O) groups excluding carboxylic acids is 7. The number of benzene rings is 1. The highest BCUT2D eigenvalue weighted by Crippen LogP contribution is 2.35. The molecule has 3 aromatic rings. The second kappa shape index (κ2) is 28.6. The number of carboxylic acid groups (broad SMARTS) is 1. The molecule has 0 aliphatic rings. The first kappa shape index (κ1) is 58.3. The molecule has 392 valence electrons. The number of hydrogen-bond acceptors (Lipinski definition) is 14. The van der Waals surface area contributed by atoms with Crippen molar-refractivity contribution in [3.63, 3.8) is 0 Å². The highest BCUT2D eigenvalue weighted by atomic mass is 31.2. The average molecular weight is 1020 g/mol. The molecule has 1 aromatic carbocycles. The molecule has 0 saturated heterocycles. The number of primary amides is 1. The number of H-pyrrole nitrogens is 2. The predicted molar refractivity (Wildman–Crippen MR) is 256 cm³/mol. The van der Waals surface area contributed by atoms with Gasteiger partial charge in [-0.1, -0.05) is 38.5 Å². The Morgan fingerprint density at radius 2 is 1.37 bits per heavy atom. The predicted octanol–water partition coefficient (Wildman–Crippen LogP) is -3.79. The molecule has 2 heterocycles. The van der Waals surface area contributed by atoms with Gasteiger partial charge >= 0.3 is 13.8 Å². The van der Waals surface area contributed by atoms with Crippen molar-refractivity contribution in [3.05, 3.63) is 54.2 Å². The van der Waals surface area contributed by atoms with Crippen molar-refractivity contribution >= 4 is 72.0 Å². The van der Waals surface area contributed by atoms with Gasteiger partial charge in [0, 0.05) is 42.0 Å². The number of para-hydroxylation sites is 1. The normalized spacial score (nSPS) is 14.8. The van der Waals surface area contributed by atoms with Crippen LogP contribution in [0.15, 0.2) is 48.0 Å². The molecule has 0 saturated carbocycles. The Kier molecular flexibility index (Phi) is 23.5. The maximum atomic E-state index is 14.0. The number of nitrogens with two attached hydrogens (primary N) is 5. The third-order valence-corrected chi connectivity index (χ3v) is 11.6. The van der Waals surface area contributed by atoms with Crippen molar-refractivity contribution < 1.29 is 62.3 Å². The van der Waals surface area contributed by atoms with Gasteiger partial charge in [0.1, 0.15) is 36.3 Å². The second-order valence-electron chi connectivity index (χ2n) is 16.7. The SMILES string of the molecule is CC[C@H](C)[C@H](NC(=O)[C@H](COP(=O)(O)O)NC(=O)[C@H](CC(N)=O)NC(=O)[C@H](CCCCN)NC(=O)[C@@H](N)Cc1c[nH]c2ccccc12)C(=O)N[C@@H](CCCN=C(N)N)C(=O)N[C@@H](Cc1cnc[nH]1)C(=O)O. The Labute approximate surface area is 407 Å². The van der Waals surface area contributed by atoms with Gasteiger partial charge in [0.15, 0.2) is 5.96 Å². The molecular weight excluding hydrogens is 954 g/mol. The number of nitrogens with one attached hydrogen (secondary N) is 8. The summed E-state index contributed by atoms with van der Waals surface area (Å²) in [5.74, 6) is -9.63. The van der Waals surface area contributed by atoms with Gasteiger partial charge in [0.05, 0.1) is 25.4 Å². The van der Waals surface area contributed by atoms with Crippen LogP contribution in [0, 0.1) is 5.92 Å². The molecule has 0 aliphatic carbocycles. The van der Waals surface area contributed by atoms with Crippen molar-refractivity contribution in [2.45, 2.75) is 114 Å². The third kappa shape index (κ3) is 20.1. The zero-order valence-electron chi connectivity index (χ0n) is 39.3. The quantitative estimate of drug-likeness (QED) is 0.0123. The van der Waals surface area contributed by atoms with E-state index in [0.717, 1.165) is 16.5 Å². The second-order valence-corrected chi connectivity index (χ2v) is 17.9. The van der Waals surface area contributed by atoms with Crippen molar-refractivity contribution in [3.8, 4) is 0 Å². The summed E-state index contributed by atoms with van der Waals surface area (Å²) >= 11 is 0. The Balaban J connectivity index is 1.86. The number of aromatic nitrogens is 3. The molecule has 2 aromatic heterocycles. The Morgan fingerprint density at radius 3 is 1.96 bits per heavy atom. The number of aliphatic imine (C=N–C) groups is 1. The largest absolute Gasteiger partial charge is 0.480 e. The number of phosphoric acid groups is 1. The number of aliphatic carboxylic acids is 1. The van der Waals surface area contributed by atoms with E-state index in [0.29, 0.717) is 18.5 Å². The van der Waals surface area contributed by atoms with Crippen LogP contribution >= 0.6 is 7.82 Å². The van der Waals surface area contributed by atoms with Crippen LogP contribution in [0.4, 0.5) is 0 Å². The summed E-state index contributed by atoms with van der Waals surface area (Å²) in [6, 6.07) is -3.47. The summed E-state index contributed by atoms with van der Waals surface area (Å²) in [5.41, 5.74) is 30.1. The monoisotopic (exact) mass is 1020 g/mol. The lowest BCUT2D eigenvalue weighted by Gasteiger charge is -2.29. The lowest BCUT2D eigenvalue weighted by Crippen LogP contribution is -2.61. The molecule has 3 rings (SSSR count). The van der Waals surface area contributed by atoms with Crippen molar-refractivity contribution in [2.75, 3.05) is 19.7 Å². The van der Waals surface area contributed by atoms with E-state index >= 15 is 0 Å². The standard InChI is InChI=1S/C42H66N15O13P/c1-3-22(2)34(40(64)53-29(12-8-14-49-42(46)47)37(61)55-31(41(65)66)16-24-19-48-21-51-24)57-39(63)32(20-70-71(67,68)69)56-38(62)30(17-33(45)58)54-36(60)28(11-6-7-13-43)52-35(59)26(44)15-23-18-50-27-10-5-4-9-25(23)27/h4-5,9-10,18-19,21-22,26,28-32,34,50H,3,6-8,11-17,20,43-44H2,1-2H3,(H2,45,58)(H,48,51)(H,52,59)(H,53,64)(H,54,60)(H,55,61)(H,56,62)(H,57,63)(H,65,66)(H4,46,47,49)(H2,67,68,69)/t22-,26-,28-,29-,30-,31-,32-,34-/m0/s1. The highest BCUT2D eigenvalue weighted by molar-refractivity contribution is 7.46. The zero-order chi connectivity index (χ0) is 52.8. The van der Waals surface area contributed by atoms with Crippen LogP contribution in [0.25, 0.3) is 10.9 Å². The van der Waals surface area contributed by atoms with Gasteiger partial charge in [-0.3, -0.25) is 43.1 Å². The maximum absolute atomic E-state index is 14.0. The van der Waals surface area contributed by atoms with Crippen LogP contribution in [0.1, 0.15) is 70.1 Å². The number of hydrogen-bond donors (Lipinski definition) is 16. The van der Waals surface area contributed by atoms with E-state index in [9.17, 15) is 57.8 Å². The Bertz CT molecular complexity index is 2360. The maximum Gasteiger partial charge on any atom is 0.469 e. The topological polar surface area (TPSA) is 483 Å². The molecule has 0 bridgehead atoms. The fraction of sp³-hybridized carbons (Fsp3) is 0.524. The summed E-state index contributed by atoms with van der Waals surface area (Å²) in [7, 11) is -5.35. The number of fused-ring (bicyclic) bond motifs is 1. The summed E-state index contributed by atoms with van der Waals surface area (Å²) < 4.78 is 16.4. The van der Waals surface area contributed by atoms with Crippen molar-refractivity contribution in [1.29, 1.82) is 0 Å². The van der Waals surface area contributed by atoms with Crippen LogP contribution in [0.2, 0.25) is 0 Å². The Hall–Kier alpha value is -6.97. The van der Waals surface area contributed by atoms with Crippen LogP contribution in [-0.2, 0) is 60.3 Å². The molecule has 0 spiro atoms. The number of unbranched alkanes of at least 4 members (excludes halogenated alkanes) is 1. The molecule has 7 amide bonds. The van der Waals surface area contributed by atoms with Gasteiger partial charge in [-0.15, -0.1) is 0 Å². The van der Waals surface area contributed by atoms with Gasteiger partial charge in [-0.2, -0.15) is 0 Å². The number of rotatable bonds is 32. The molecule has 0 unspecified atom stereocenters. The van der Waals surface area contributed by atoms with E-state index in [4.69, 9.17) is 28.7 Å². The first-order valence-electron chi connectivity index (χ1n) is 22.6. The minimum absolute atomic E-state index is 0.00379. The average Bonchev–Trinajstić information content (AvgIpc) is 3.98. The number of amides is 7. The molecular formula is C42H66N15O13P. The molecule has 8 atom stereocenters.